The summed E-state index contributed by atoms with van der Waals surface area (Å²) in [5.74, 6) is 0.000337. The lowest BCUT2D eigenvalue weighted by molar-refractivity contribution is 0.0993. The van der Waals surface area contributed by atoms with E-state index in [2.05, 4.69) is 18.9 Å². The molecule has 2 aromatic rings. The molecule has 25 heavy (non-hydrogen) atoms. The lowest BCUT2D eigenvalue weighted by Gasteiger charge is -2.21. The fourth-order valence-corrected chi connectivity index (χ4v) is 2.67. The number of carbonyl (C=O) groups is 1. The maximum absolute atomic E-state index is 12.7. The second kappa shape index (κ2) is 8.56. The third-order valence-corrected chi connectivity index (χ3v) is 4.46. The quantitative estimate of drug-likeness (QED) is 0.754. The van der Waals surface area contributed by atoms with Gasteiger partial charge in [-0.2, -0.15) is 0 Å². The van der Waals surface area contributed by atoms with Crippen molar-refractivity contribution in [2.24, 2.45) is 0 Å². The van der Waals surface area contributed by atoms with E-state index in [0.717, 1.165) is 23.6 Å². The summed E-state index contributed by atoms with van der Waals surface area (Å²) in [7, 11) is 7.91. The lowest BCUT2D eigenvalue weighted by atomic mass is 10.1. The summed E-state index contributed by atoms with van der Waals surface area (Å²) >= 11 is 0. The summed E-state index contributed by atoms with van der Waals surface area (Å²) in [6.45, 7) is 3.22. The molecule has 0 unspecified atom stereocenters. The number of carbonyl (C=O) groups excluding carboxylic acids is 1. The van der Waals surface area contributed by atoms with E-state index in [1.165, 1.54) is 12.8 Å². The van der Waals surface area contributed by atoms with Gasteiger partial charge in [-0.05, 0) is 55.0 Å². The van der Waals surface area contributed by atoms with Crippen LogP contribution in [0.15, 0.2) is 48.5 Å². The number of hydrogen-bond donors (Lipinski definition) is 0. The Balaban J connectivity index is 2.08. The molecule has 0 atom stereocenters. The van der Waals surface area contributed by atoms with E-state index in [9.17, 15) is 4.79 Å². The predicted molar refractivity (Wildman–Crippen MR) is 108 cm³/mol. The number of anilines is 3. The van der Waals surface area contributed by atoms with Gasteiger partial charge in [0.15, 0.2) is 0 Å². The Bertz CT molecular complexity index is 677. The Morgan fingerprint density at radius 2 is 1.32 bits per heavy atom. The molecular weight excluding hydrogens is 310 g/mol. The normalized spacial score (nSPS) is 10.4. The number of hydrogen-bond acceptors (Lipinski definition) is 3. The van der Waals surface area contributed by atoms with Gasteiger partial charge >= 0.3 is 0 Å². The van der Waals surface area contributed by atoms with Crippen molar-refractivity contribution in [2.45, 2.75) is 19.8 Å². The largest absolute Gasteiger partial charge is 0.378 e. The highest BCUT2D eigenvalue weighted by molar-refractivity contribution is 6.05. The zero-order valence-electron chi connectivity index (χ0n) is 16.0. The minimum atomic E-state index is 0.000337. The molecule has 4 heteroatoms. The van der Waals surface area contributed by atoms with Gasteiger partial charge in [0.05, 0.1) is 0 Å². The van der Waals surface area contributed by atoms with Crippen LogP contribution in [0.25, 0.3) is 0 Å². The van der Waals surface area contributed by atoms with Crippen LogP contribution in [0.3, 0.4) is 0 Å². The Kier molecular flexibility index (Phi) is 6.45. The van der Waals surface area contributed by atoms with Crippen molar-refractivity contribution in [3.8, 4) is 0 Å². The van der Waals surface area contributed by atoms with E-state index in [4.69, 9.17) is 0 Å². The SMILES string of the molecule is CCCCN(C)c1ccc(C(=O)N(C)c2ccc(N(C)C)cc2)cc1. The number of nitrogens with zero attached hydrogens (tertiary/aromatic N) is 3. The summed E-state index contributed by atoms with van der Waals surface area (Å²) in [4.78, 5) is 18.7. The van der Waals surface area contributed by atoms with Gasteiger partial charge in [0.1, 0.15) is 0 Å². The first-order chi connectivity index (χ1) is 11.9. The van der Waals surface area contributed by atoms with Crippen LogP contribution in [-0.4, -0.2) is 40.6 Å². The molecule has 0 bridgehead atoms. The first-order valence-corrected chi connectivity index (χ1v) is 8.80. The van der Waals surface area contributed by atoms with Crippen LogP contribution in [-0.2, 0) is 0 Å². The van der Waals surface area contributed by atoms with Crippen LogP contribution in [0.1, 0.15) is 30.1 Å². The van der Waals surface area contributed by atoms with Crippen LogP contribution in [0, 0.1) is 0 Å². The number of benzene rings is 2. The Labute approximate surface area is 151 Å². The van der Waals surface area contributed by atoms with Gasteiger partial charge in [-0.15, -0.1) is 0 Å². The van der Waals surface area contributed by atoms with Gasteiger partial charge in [0.25, 0.3) is 5.91 Å². The van der Waals surface area contributed by atoms with Gasteiger partial charge in [-0.3, -0.25) is 4.79 Å². The van der Waals surface area contributed by atoms with Gasteiger partial charge in [0.2, 0.25) is 0 Å². The Morgan fingerprint density at radius 3 is 1.84 bits per heavy atom. The Hall–Kier alpha value is -2.49. The van der Waals surface area contributed by atoms with Crippen molar-refractivity contribution in [2.75, 3.05) is 49.4 Å². The molecule has 2 aromatic carbocycles. The van der Waals surface area contributed by atoms with E-state index in [0.29, 0.717) is 5.56 Å². The minimum absolute atomic E-state index is 0.000337. The number of rotatable bonds is 7. The van der Waals surface area contributed by atoms with E-state index >= 15 is 0 Å². The van der Waals surface area contributed by atoms with E-state index in [1.54, 1.807) is 4.90 Å². The zero-order valence-corrected chi connectivity index (χ0v) is 16.0. The molecule has 0 saturated carbocycles. The molecule has 0 N–H and O–H groups in total. The molecule has 0 spiro atoms. The summed E-state index contributed by atoms with van der Waals surface area (Å²) < 4.78 is 0. The first kappa shape index (κ1) is 18.8. The minimum Gasteiger partial charge on any atom is -0.378 e. The highest BCUT2D eigenvalue weighted by Crippen LogP contribution is 2.21. The molecule has 0 aliphatic heterocycles. The van der Waals surface area contributed by atoms with Crippen LogP contribution < -0.4 is 14.7 Å². The van der Waals surface area contributed by atoms with Gasteiger partial charge in [0, 0.05) is 57.4 Å². The first-order valence-electron chi connectivity index (χ1n) is 8.80. The van der Waals surface area contributed by atoms with Crippen molar-refractivity contribution in [1.29, 1.82) is 0 Å². The highest BCUT2D eigenvalue weighted by atomic mass is 16.2. The molecule has 4 nitrogen and oxygen atoms in total. The zero-order chi connectivity index (χ0) is 18.4. The monoisotopic (exact) mass is 339 g/mol. The molecule has 0 heterocycles. The van der Waals surface area contributed by atoms with Gasteiger partial charge in [-0.1, -0.05) is 13.3 Å². The average molecular weight is 339 g/mol. The van der Waals surface area contributed by atoms with Gasteiger partial charge < -0.3 is 14.7 Å². The molecule has 0 saturated heterocycles. The summed E-state index contributed by atoms with van der Waals surface area (Å²) in [5.41, 5.74) is 3.85. The van der Waals surface area contributed by atoms with Crippen LogP contribution in [0.4, 0.5) is 17.1 Å². The third kappa shape index (κ3) is 4.75. The topological polar surface area (TPSA) is 26.8 Å². The molecule has 0 fully saturated rings. The molecule has 0 radical (unpaired) electrons. The van der Waals surface area contributed by atoms with Gasteiger partial charge in [-0.25, -0.2) is 0 Å². The third-order valence-electron chi connectivity index (χ3n) is 4.46. The predicted octanol–water partition coefficient (Wildman–Crippen LogP) is 4.27. The number of amides is 1. The lowest BCUT2D eigenvalue weighted by Crippen LogP contribution is -2.26. The molecule has 2 rings (SSSR count). The molecule has 0 aliphatic carbocycles. The molecule has 134 valence electrons. The fraction of sp³-hybridized carbons (Fsp3) is 0.381. The van der Waals surface area contributed by atoms with Crippen molar-refractivity contribution >= 4 is 23.0 Å². The smallest absolute Gasteiger partial charge is 0.258 e. The molecule has 0 aromatic heterocycles. The van der Waals surface area contributed by atoms with Crippen LogP contribution >= 0.6 is 0 Å². The number of unbranched alkanes of at least 4 members (excludes halogenated alkanes) is 1. The molecule has 0 aliphatic rings. The van der Waals surface area contributed by atoms with Crippen LogP contribution in [0.5, 0.6) is 0 Å². The van der Waals surface area contributed by atoms with E-state index in [1.807, 2.05) is 74.6 Å². The molecular formula is C21H29N3O. The second-order valence-electron chi connectivity index (χ2n) is 6.60. The van der Waals surface area contributed by atoms with E-state index < -0.39 is 0 Å². The van der Waals surface area contributed by atoms with Crippen molar-refractivity contribution in [1.82, 2.24) is 0 Å². The second-order valence-corrected chi connectivity index (χ2v) is 6.60. The van der Waals surface area contributed by atoms with E-state index in [-0.39, 0.29) is 5.91 Å². The summed E-state index contributed by atoms with van der Waals surface area (Å²) in [5, 5.41) is 0. The summed E-state index contributed by atoms with van der Waals surface area (Å²) in [6.07, 6.45) is 2.35. The molecule has 1 amide bonds. The van der Waals surface area contributed by atoms with Crippen molar-refractivity contribution in [3.05, 3.63) is 54.1 Å². The summed E-state index contributed by atoms with van der Waals surface area (Å²) in [6, 6.07) is 15.8. The highest BCUT2D eigenvalue weighted by Gasteiger charge is 2.14. The van der Waals surface area contributed by atoms with Crippen molar-refractivity contribution < 1.29 is 4.79 Å². The maximum atomic E-state index is 12.7. The average Bonchev–Trinajstić information content (AvgIpc) is 2.65. The Morgan fingerprint density at radius 1 is 0.800 bits per heavy atom. The fourth-order valence-electron chi connectivity index (χ4n) is 2.67. The van der Waals surface area contributed by atoms with Crippen LogP contribution in [0.2, 0.25) is 0 Å². The maximum Gasteiger partial charge on any atom is 0.258 e. The standard InChI is InChI=1S/C21H29N3O/c1-6-7-16-23(4)19-10-8-17(9-11-19)21(25)24(5)20-14-12-18(13-15-20)22(2)3/h8-15H,6-7,16H2,1-5H3. The van der Waals surface area contributed by atoms with Crippen molar-refractivity contribution in [3.63, 3.8) is 0 Å².